The summed E-state index contributed by atoms with van der Waals surface area (Å²) in [6.45, 7) is 4.55. The first kappa shape index (κ1) is 11.4. The van der Waals surface area contributed by atoms with Gasteiger partial charge in [-0.3, -0.25) is 0 Å². The number of piperidine rings is 1. The van der Waals surface area contributed by atoms with E-state index in [1.54, 1.807) is 0 Å². The third-order valence-corrected chi connectivity index (χ3v) is 4.08. The Morgan fingerprint density at radius 3 is 2.93 bits per heavy atom. The Hall–Kier alpha value is -0.120. The normalized spacial score (nSPS) is 38.4. The highest BCUT2D eigenvalue weighted by molar-refractivity contribution is 5.00. The predicted molar refractivity (Wildman–Crippen MR) is 62.1 cm³/mol. The molecule has 0 spiro atoms. The maximum Gasteiger partial charge on any atom is 0.0647 e. The Balaban J connectivity index is 2.03. The quantitative estimate of drug-likeness (QED) is 0.758. The minimum Gasteiger partial charge on any atom is -0.383 e. The molecule has 0 aromatic rings. The van der Waals surface area contributed by atoms with Gasteiger partial charge in [0.1, 0.15) is 0 Å². The summed E-state index contributed by atoms with van der Waals surface area (Å²) in [6.07, 6.45) is 5.30. The van der Waals surface area contributed by atoms with Crippen molar-refractivity contribution < 1.29 is 4.74 Å². The molecule has 2 aliphatic heterocycles. The van der Waals surface area contributed by atoms with Crippen molar-refractivity contribution in [2.75, 3.05) is 40.4 Å². The van der Waals surface area contributed by atoms with Crippen LogP contribution in [0.5, 0.6) is 0 Å². The molecule has 0 radical (unpaired) electrons. The van der Waals surface area contributed by atoms with Gasteiger partial charge >= 0.3 is 0 Å². The first-order valence-electron chi connectivity index (χ1n) is 6.19. The van der Waals surface area contributed by atoms with Crippen LogP contribution >= 0.6 is 0 Å². The van der Waals surface area contributed by atoms with E-state index in [-0.39, 0.29) is 5.54 Å². The number of hydrogen-bond acceptors (Lipinski definition) is 3. The van der Waals surface area contributed by atoms with Gasteiger partial charge in [0.2, 0.25) is 0 Å². The van der Waals surface area contributed by atoms with Crippen molar-refractivity contribution in [1.82, 2.24) is 10.2 Å². The van der Waals surface area contributed by atoms with Crippen molar-refractivity contribution in [3.8, 4) is 0 Å². The summed E-state index contributed by atoms with van der Waals surface area (Å²) in [6, 6.07) is 0. The van der Waals surface area contributed by atoms with Gasteiger partial charge in [0.25, 0.3) is 0 Å². The predicted octanol–water partition coefficient (Wildman–Crippen LogP) is 1.10. The third kappa shape index (κ3) is 2.35. The highest BCUT2D eigenvalue weighted by Gasteiger charge is 2.42. The zero-order valence-electron chi connectivity index (χ0n) is 10.1. The maximum absolute atomic E-state index is 5.44. The minimum atomic E-state index is 0.281. The van der Waals surface area contributed by atoms with Gasteiger partial charge in [0.15, 0.2) is 0 Å². The summed E-state index contributed by atoms with van der Waals surface area (Å²) in [7, 11) is 4.07. The summed E-state index contributed by atoms with van der Waals surface area (Å²) in [5.41, 5.74) is 0.281. The highest BCUT2D eigenvalue weighted by Crippen LogP contribution is 2.33. The molecule has 2 rings (SSSR count). The largest absolute Gasteiger partial charge is 0.383 e. The number of methoxy groups -OCH3 is 1. The smallest absolute Gasteiger partial charge is 0.0647 e. The van der Waals surface area contributed by atoms with E-state index in [0.717, 1.165) is 12.5 Å². The second-order valence-corrected chi connectivity index (χ2v) is 5.22. The molecule has 0 amide bonds. The van der Waals surface area contributed by atoms with Gasteiger partial charge in [-0.05, 0) is 51.7 Å². The van der Waals surface area contributed by atoms with Crippen molar-refractivity contribution >= 4 is 0 Å². The number of likely N-dealkylation sites (tertiary alicyclic amines) is 1. The molecular formula is C12H24N2O. The molecule has 3 heteroatoms. The van der Waals surface area contributed by atoms with Crippen LogP contribution in [0.1, 0.15) is 25.7 Å². The van der Waals surface area contributed by atoms with Gasteiger partial charge in [-0.1, -0.05) is 0 Å². The van der Waals surface area contributed by atoms with Crippen molar-refractivity contribution in [1.29, 1.82) is 0 Å². The number of rotatable bonds is 3. The Morgan fingerprint density at radius 1 is 1.47 bits per heavy atom. The van der Waals surface area contributed by atoms with E-state index in [1.807, 2.05) is 7.11 Å². The Morgan fingerprint density at radius 2 is 2.33 bits per heavy atom. The molecule has 0 aromatic carbocycles. The van der Waals surface area contributed by atoms with E-state index in [1.165, 1.54) is 45.3 Å². The molecule has 0 aromatic heterocycles. The molecule has 0 bridgehead atoms. The summed E-state index contributed by atoms with van der Waals surface area (Å²) in [4.78, 5) is 2.46. The molecule has 2 aliphatic rings. The van der Waals surface area contributed by atoms with Gasteiger partial charge in [0, 0.05) is 19.2 Å². The molecule has 3 nitrogen and oxygen atoms in total. The molecule has 2 unspecified atom stereocenters. The SMILES string of the molecule is COCC1(C2CCCN(C)C2)CCCN1. The third-order valence-electron chi connectivity index (χ3n) is 4.08. The van der Waals surface area contributed by atoms with Gasteiger partial charge in [-0.2, -0.15) is 0 Å². The first-order chi connectivity index (χ1) is 7.27. The van der Waals surface area contributed by atoms with Crippen LogP contribution in [0.2, 0.25) is 0 Å². The molecule has 2 heterocycles. The van der Waals surface area contributed by atoms with Crippen molar-refractivity contribution in [3.63, 3.8) is 0 Å². The van der Waals surface area contributed by atoms with Crippen LogP contribution in [0.4, 0.5) is 0 Å². The fraction of sp³-hybridized carbons (Fsp3) is 1.00. The van der Waals surface area contributed by atoms with Crippen molar-refractivity contribution in [2.45, 2.75) is 31.2 Å². The lowest BCUT2D eigenvalue weighted by Gasteiger charge is -2.42. The van der Waals surface area contributed by atoms with E-state index < -0.39 is 0 Å². The van der Waals surface area contributed by atoms with Crippen LogP contribution in [-0.4, -0.2) is 50.8 Å². The van der Waals surface area contributed by atoms with Crippen molar-refractivity contribution in [2.24, 2.45) is 5.92 Å². The summed E-state index contributed by atoms with van der Waals surface area (Å²) >= 11 is 0. The average molecular weight is 212 g/mol. The van der Waals surface area contributed by atoms with Crippen LogP contribution in [0.15, 0.2) is 0 Å². The van der Waals surface area contributed by atoms with E-state index in [4.69, 9.17) is 4.74 Å². The van der Waals surface area contributed by atoms with E-state index in [0.29, 0.717) is 0 Å². The van der Waals surface area contributed by atoms with E-state index in [9.17, 15) is 0 Å². The fourth-order valence-corrected chi connectivity index (χ4v) is 3.29. The fourth-order valence-electron chi connectivity index (χ4n) is 3.29. The number of nitrogens with zero attached hydrogens (tertiary/aromatic N) is 1. The van der Waals surface area contributed by atoms with E-state index >= 15 is 0 Å². The van der Waals surface area contributed by atoms with Gasteiger partial charge in [-0.15, -0.1) is 0 Å². The zero-order valence-corrected chi connectivity index (χ0v) is 10.1. The first-order valence-corrected chi connectivity index (χ1v) is 6.19. The molecular weight excluding hydrogens is 188 g/mol. The topological polar surface area (TPSA) is 24.5 Å². The average Bonchev–Trinajstić information content (AvgIpc) is 2.68. The number of hydrogen-bond donors (Lipinski definition) is 1. The van der Waals surface area contributed by atoms with Crippen LogP contribution in [0, 0.1) is 5.92 Å². The van der Waals surface area contributed by atoms with Crippen LogP contribution < -0.4 is 5.32 Å². The summed E-state index contributed by atoms with van der Waals surface area (Å²) < 4.78 is 5.44. The molecule has 1 N–H and O–H groups in total. The van der Waals surface area contributed by atoms with Crippen molar-refractivity contribution in [3.05, 3.63) is 0 Å². The molecule has 15 heavy (non-hydrogen) atoms. The van der Waals surface area contributed by atoms with Gasteiger partial charge in [-0.25, -0.2) is 0 Å². The monoisotopic (exact) mass is 212 g/mol. The second kappa shape index (κ2) is 4.81. The molecule has 2 saturated heterocycles. The lowest BCUT2D eigenvalue weighted by molar-refractivity contribution is 0.0473. The lowest BCUT2D eigenvalue weighted by atomic mass is 9.78. The number of nitrogens with one attached hydrogen (secondary N) is 1. The Labute approximate surface area is 93.2 Å². The van der Waals surface area contributed by atoms with Crippen LogP contribution in [-0.2, 0) is 4.74 Å². The lowest BCUT2D eigenvalue weighted by Crippen LogP contribution is -2.55. The minimum absolute atomic E-state index is 0.281. The molecule has 0 saturated carbocycles. The Bertz CT molecular complexity index is 202. The standard InChI is InChI=1S/C12H24N2O/c1-14-8-3-5-11(9-14)12(10-15-2)6-4-7-13-12/h11,13H,3-10H2,1-2H3. The summed E-state index contributed by atoms with van der Waals surface area (Å²) in [5.74, 6) is 0.777. The van der Waals surface area contributed by atoms with Crippen LogP contribution in [0.3, 0.4) is 0 Å². The van der Waals surface area contributed by atoms with Gasteiger partial charge in [0.05, 0.1) is 6.61 Å². The highest BCUT2D eigenvalue weighted by atomic mass is 16.5. The molecule has 2 fully saturated rings. The van der Waals surface area contributed by atoms with Gasteiger partial charge < -0.3 is 15.0 Å². The van der Waals surface area contributed by atoms with E-state index in [2.05, 4.69) is 17.3 Å². The summed E-state index contributed by atoms with van der Waals surface area (Å²) in [5, 5.41) is 3.71. The second-order valence-electron chi connectivity index (χ2n) is 5.22. The maximum atomic E-state index is 5.44. The molecule has 0 aliphatic carbocycles. The number of ether oxygens (including phenoxy) is 1. The molecule has 88 valence electrons. The Kier molecular flexibility index (Phi) is 3.65. The zero-order chi connectivity index (χ0) is 10.7. The van der Waals surface area contributed by atoms with Crippen LogP contribution in [0.25, 0.3) is 0 Å². The molecule has 2 atom stereocenters.